The first-order valence-corrected chi connectivity index (χ1v) is 9.96. The minimum absolute atomic E-state index is 0.222. The van der Waals surface area contributed by atoms with Crippen molar-refractivity contribution in [2.75, 3.05) is 11.9 Å². The molecule has 0 radical (unpaired) electrons. The van der Waals surface area contributed by atoms with Crippen LogP contribution in [0.4, 0.5) is 5.69 Å². The quantitative estimate of drug-likeness (QED) is 0.449. The number of ether oxygens (including phenoxy) is 1. The lowest BCUT2D eigenvalue weighted by Crippen LogP contribution is -2.31. The van der Waals surface area contributed by atoms with Gasteiger partial charge in [0, 0.05) is 11.1 Å². The lowest BCUT2D eigenvalue weighted by Gasteiger charge is -2.14. The maximum absolute atomic E-state index is 12.6. The number of hydrogen-bond acceptors (Lipinski definition) is 4. The molecular weight excluding hydrogens is 392 g/mol. The Morgan fingerprint density at radius 3 is 2.45 bits per heavy atom. The van der Waals surface area contributed by atoms with E-state index in [4.69, 9.17) is 9.15 Å². The predicted molar refractivity (Wildman–Crippen MR) is 119 cm³/mol. The molecule has 6 nitrogen and oxygen atoms in total. The number of fused-ring (bicyclic) bond motifs is 1. The van der Waals surface area contributed by atoms with Gasteiger partial charge in [-0.1, -0.05) is 48.5 Å². The second-order valence-corrected chi connectivity index (χ2v) is 7.08. The van der Waals surface area contributed by atoms with Crippen LogP contribution in [0.15, 0.2) is 89.3 Å². The highest BCUT2D eigenvalue weighted by Gasteiger charge is 2.17. The summed E-state index contributed by atoms with van der Waals surface area (Å²) >= 11 is 0. The van der Waals surface area contributed by atoms with E-state index in [0.717, 1.165) is 11.0 Å². The molecule has 4 rings (SSSR count). The van der Waals surface area contributed by atoms with Gasteiger partial charge in [0.1, 0.15) is 17.1 Å². The molecule has 0 bridgehead atoms. The molecule has 31 heavy (non-hydrogen) atoms. The van der Waals surface area contributed by atoms with Crippen molar-refractivity contribution in [3.63, 3.8) is 0 Å². The van der Waals surface area contributed by atoms with Crippen molar-refractivity contribution >= 4 is 28.5 Å². The summed E-state index contributed by atoms with van der Waals surface area (Å²) in [6.07, 6.45) is 0. The molecule has 6 heteroatoms. The zero-order valence-electron chi connectivity index (χ0n) is 17.0. The van der Waals surface area contributed by atoms with Crippen LogP contribution in [0, 0.1) is 0 Å². The number of hydrogen-bond donors (Lipinski definition) is 2. The summed E-state index contributed by atoms with van der Waals surface area (Å²) < 4.78 is 11.4. The molecule has 0 saturated heterocycles. The van der Waals surface area contributed by atoms with E-state index in [0.29, 0.717) is 22.8 Å². The van der Waals surface area contributed by atoms with Crippen molar-refractivity contribution in [1.82, 2.24) is 5.32 Å². The first-order chi connectivity index (χ1) is 15.1. The van der Waals surface area contributed by atoms with Crippen LogP contribution in [-0.4, -0.2) is 18.4 Å². The molecular formula is C25H22N2O4. The van der Waals surface area contributed by atoms with Gasteiger partial charge < -0.3 is 19.8 Å². The molecule has 0 aliphatic heterocycles. The van der Waals surface area contributed by atoms with E-state index < -0.39 is 0 Å². The van der Waals surface area contributed by atoms with E-state index in [2.05, 4.69) is 10.6 Å². The van der Waals surface area contributed by atoms with Crippen LogP contribution in [0.3, 0.4) is 0 Å². The fraction of sp³-hybridized carbons (Fsp3) is 0.120. The van der Waals surface area contributed by atoms with Crippen LogP contribution in [-0.2, 0) is 4.79 Å². The van der Waals surface area contributed by atoms with E-state index >= 15 is 0 Å². The largest absolute Gasteiger partial charge is 0.483 e. The fourth-order valence-corrected chi connectivity index (χ4v) is 3.21. The van der Waals surface area contributed by atoms with Crippen molar-refractivity contribution in [3.05, 3.63) is 96.3 Å². The summed E-state index contributed by atoms with van der Waals surface area (Å²) in [6, 6.07) is 25.2. The standard InChI is InChI=1S/C25H22N2O4/c1-17(23-15-18-9-5-7-13-21(18)31-23)26-24(28)16-30-22-14-8-6-12-20(22)25(29)27-19-10-3-2-4-11-19/h2-15,17H,16H2,1H3,(H,26,28)(H,27,29)/t17-/m0/s1. The Morgan fingerprint density at radius 1 is 0.935 bits per heavy atom. The summed E-state index contributed by atoms with van der Waals surface area (Å²) in [5, 5.41) is 6.66. The Morgan fingerprint density at radius 2 is 1.65 bits per heavy atom. The first-order valence-electron chi connectivity index (χ1n) is 9.96. The van der Waals surface area contributed by atoms with Gasteiger partial charge in [0.25, 0.3) is 11.8 Å². The number of carbonyl (C=O) groups is 2. The molecule has 3 aromatic carbocycles. The molecule has 1 heterocycles. The van der Waals surface area contributed by atoms with Gasteiger partial charge >= 0.3 is 0 Å². The summed E-state index contributed by atoms with van der Waals surface area (Å²) in [6.45, 7) is 1.62. The second-order valence-electron chi connectivity index (χ2n) is 7.08. The minimum atomic E-state index is -0.319. The Labute approximate surface area is 179 Å². The van der Waals surface area contributed by atoms with Crippen molar-refractivity contribution < 1.29 is 18.7 Å². The SMILES string of the molecule is C[C@H](NC(=O)COc1ccccc1C(=O)Nc1ccccc1)c1cc2ccccc2o1. The number of para-hydroxylation sites is 3. The van der Waals surface area contributed by atoms with Crippen LogP contribution in [0.5, 0.6) is 5.75 Å². The first kappa shape index (κ1) is 20.2. The highest BCUT2D eigenvalue weighted by molar-refractivity contribution is 6.06. The van der Waals surface area contributed by atoms with E-state index in [-0.39, 0.29) is 24.5 Å². The maximum atomic E-state index is 12.6. The van der Waals surface area contributed by atoms with Gasteiger partial charge in [-0.05, 0) is 43.3 Å². The molecule has 0 aliphatic rings. The number of anilines is 1. The fourth-order valence-electron chi connectivity index (χ4n) is 3.21. The van der Waals surface area contributed by atoms with Crippen LogP contribution in [0.1, 0.15) is 29.1 Å². The average Bonchev–Trinajstić information content (AvgIpc) is 3.23. The van der Waals surface area contributed by atoms with Crippen LogP contribution < -0.4 is 15.4 Å². The maximum Gasteiger partial charge on any atom is 0.259 e. The number of rotatable bonds is 7. The van der Waals surface area contributed by atoms with E-state index in [1.807, 2.05) is 55.5 Å². The molecule has 2 amide bonds. The molecule has 0 saturated carbocycles. The third kappa shape index (κ3) is 4.93. The van der Waals surface area contributed by atoms with E-state index in [1.165, 1.54) is 0 Å². The summed E-state index contributed by atoms with van der Waals surface area (Å²) in [5.74, 6) is 0.378. The summed E-state index contributed by atoms with van der Waals surface area (Å²) in [4.78, 5) is 25.0. The van der Waals surface area contributed by atoms with Crippen molar-refractivity contribution in [2.45, 2.75) is 13.0 Å². The van der Waals surface area contributed by atoms with Crippen LogP contribution in [0.25, 0.3) is 11.0 Å². The van der Waals surface area contributed by atoms with Crippen LogP contribution >= 0.6 is 0 Å². The summed E-state index contributed by atoms with van der Waals surface area (Å²) in [5.41, 5.74) is 1.80. The summed E-state index contributed by atoms with van der Waals surface area (Å²) in [7, 11) is 0. The molecule has 1 aromatic heterocycles. The number of carbonyl (C=O) groups excluding carboxylic acids is 2. The van der Waals surface area contributed by atoms with E-state index in [9.17, 15) is 9.59 Å². The molecule has 2 N–H and O–H groups in total. The lowest BCUT2D eigenvalue weighted by atomic mass is 10.2. The highest BCUT2D eigenvalue weighted by atomic mass is 16.5. The van der Waals surface area contributed by atoms with Crippen molar-refractivity contribution in [1.29, 1.82) is 0 Å². The van der Waals surface area contributed by atoms with Gasteiger partial charge in [0.15, 0.2) is 6.61 Å². The van der Waals surface area contributed by atoms with Gasteiger partial charge in [0.2, 0.25) is 0 Å². The van der Waals surface area contributed by atoms with Gasteiger partial charge in [-0.2, -0.15) is 0 Å². The molecule has 0 fully saturated rings. The second kappa shape index (κ2) is 9.17. The Bertz CT molecular complexity index is 1170. The minimum Gasteiger partial charge on any atom is -0.483 e. The number of amides is 2. The third-order valence-electron chi connectivity index (χ3n) is 4.77. The van der Waals surface area contributed by atoms with Gasteiger partial charge in [-0.15, -0.1) is 0 Å². The normalized spacial score (nSPS) is 11.6. The zero-order valence-corrected chi connectivity index (χ0v) is 17.0. The lowest BCUT2D eigenvalue weighted by molar-refractivity contribution is -0.123. The third-order valence-corrected chi connectivity index (χ3v) is 4.77. The molecule has 156 valence electrons. The molecule has 4 aromatic rings. The van der Waals surface area contributed by atoms with Crippen LogP contribution in [0.2, 0.25) is 0 Å². The Balaban J connectivity index is 1.37. The molecule has 0 aliphatic carbocycles. The molecule has 0 unspecified atom stereocenters. The number of nitrogens with one attached hydrogen (secondary N) is 2. The van der Waals surface area contributed by atoms with Gasteiger partial charge in [-0.3, -0.25) is 9.59 Å². The van der Waals surface area contributed by atoms with Gasteiger partial charge in [0.05, 0.1) is 11.6 Å². The Hall–Kier alpha value is -4.06. The monoisotopic (exact) mass is 414 g/mol. The van der Waals surface area contributed by atoms with Crippen molar-refractivity contribution in [2.24, 2.45) is 0 Å². The van der Waals surface area contributed by atoms with Crippen molar-refractivity contribution in [3.8, 4) is 5.75 Å². The van der Waals surface area contributed by atoms with E-state index in [1.54, 1.807) is 36.4 Å². The number of benzene rings is 3. The highest BCUT2D eigenvalue weighted by Crippen LogP contribution is 2.24. The Kier molecular flexibility index (Phi) is 5.98. The zero-order chi connectivity index (χ0) is 21.6. The molecule has 0 spiro atoms. The topological polar surface area (TPSA) is 80.6 Å². The smallest absolute Gasteiger partial charge is 0.259 e. The predicted octanol–water partition coefficient (Wildman–Crippen LogP) is 4.94. The molecule has 1 atom stereocenters. The van der Waals surface area contributed by atoms with Gasteiger partial charge in [-0.25, -0.2) is 0 Å². The average molecular weight is 414 g/mol. The number of furan rings is 1.